The molecule has 5 heterocycles. The van der Waals surface area contributed by atoms with E-state index in [1.54, 1.807) is 54.6 Å². The second kappa shape index (κ2) is 17.3. The number of anilines is 1. The van der Waals surface area contributed by atoms with Gasteiger partial charge >= 0.3 is 5.97 Å². The number of sulfonamides is 2. The molecule has 6 aromatic rings. The molecule has 19 heteroatoms. The van der Waals surface area contributed by atoms with Crippen molar-refractivity contribution in [3.8, 4) is 22.5 Å². The van der Waals surface area contributed by atoms with E-state index in [4.69, 9.17) is 20.3 Å². The van der Waals surface area contributed by atoms with Crippen molar-refractivity contribution < 1.29 is 30.8 Å². The van der Waals surface area contributed by atoms with Gasteiger partial charge in [-0.3, -0.25) is 35.3 Å². The van der Waals surface area contributed by atoms with E-state index in [-0.39, 0.29) is 70.8 Å². The summed E-state index contributed by atoms with van der Waals surface area (Å²) in [4.78, 5) is 37.8. The molecule has 0 amide bonds. The van der Waals surface area contributed by atoms with Crippen molar-refractivity contribution in [3.63, 3.8) is 0 Å². The third kappa shape index (κ3) is 8.11. The molecular formula is C43H36N10O7S2. The Kier molecular flexibility index (Phi) is 11.6. The van der Waals surface area contributed by atoms with Crippen LogP contribution >= 0.6 is 0 Å². The lowest BCUT2D eigenvalue weighted by atomic mass is 9.90. The van der Waals surface area contributed by atoms with Crippen molar-refractivity contribution in [2.24, 2.45) is 0 Å². The van der Waals surface area contributed by atoms with Crippen LogP contribution in [-0.4, -0.2) is 68.4 Å². The zero-order valence-electron chi connectivity index (χ0n) is 32.9. The number of carbonyl (C=O) groups is 1. The molecule has 0 unspecified atom stereocenters. The van der Waals surface area contributed by atoms with Crippen LogP contribution in [0.1, 0.15) is 33.1 Å². The van der Waals surface area contributed by atoms with Gasteiger partial charge in [-0.1, -0.05) is 30.3 Å². The highest BCUT2D eigenvalue weighted by Gasteiger charge is 2.37. The Bertz CT molecular complexity index is 3080. The highest BCUT2D eigenvalue weighted by molar-refractivity contribution is 7.89. The van der Waals surface area contributed by atoms with E-state index < -0.39 is 41.2 Å². The topological polar surface area (TPSA) is 241 Å². The molecular weight excluding hydrogens is 833 g/mol. The van der Waals surface area contributed by atoms with E-state index >= 15 is 16.8 Å². The summed E-state index contributed by atoms with van der Waals surface area (Å²) in [7, 11) is -8.28. The molecule has 0 bridgehead atoms. The minimum Gasteiger partial charge on any atom is -0.465 e. The molecule has 17 nitrogen and oxygen atoms in total. The molecule has 0 saturated carbocycles. The zero-order valence-corrected chi connectivity index (χ0v) is 34.5. The first-order chi connectivity index (χ1) is 30.0. The molecule has 0 fully saturated rings. The van der Waals surface area contributed by atoms with E-state index in [9.17, 15) is 4.79 Å². The first kappa shape index (κ1) is 41.4. The second-order valence-corrected chi connectivity index (χ2v) is 17.5. The van der Waals surface area contributed by atoms with Crippen molar-refractivity contribution in [1.29, 1.82) is 5.41 Å². The Labute approximate surface area is 355 Å². The average molecular weight is 869 g/mol. The Morgan fingerprint density at radius 2 is 1.19 bits per heavy atom. The van der Waals surface area contributed by atoms with E-state index in [1.807, 2.05) is 0 Å². The van der Waals surface area contributed by atoms with Crippen molar-refractivity contribution >= 4 is 42.7 Å². The molecule has 4 aromatic heterocycles. The van der Waals surface area contributed by atoms with Gasteiger partial charge in [-0.2, -0.15) is 8.61 Å². The monoisotopic (exact) mass is 868 g/mol. The van der Waals surface area contributed by atoms with E-state index in [1.165, 1.54) is 87.0 Å². The third-order valence-electron chi connectivity index (χ3n) is 9.83. The van der Waals surface area contributed by atoms with Gasteiger partial charge in [0, 0.05) is 66.1 Å². The number of hydrogen-bond donors (Lipinski definition) is 2. The Balaban J connectivity index is 1.44. The lowest BCUT2D eigenvalue weighted by Crippen LogP contribution is -2.34. The number of nitrogens with one attached hydrogen (secondary N) is 1. The van der Waals surface area contributed by atoms with Gasteiger partial charge < -0.3 is 14.9 Å². The summed E-state index contributed by atoms with van der Waals surface area (Å²) in [5, 5.41) is 8.86. The first-order valence-electron chi connectivity index (χ1n) is 18.8. The summed E-state index contributed by atoms with van der Waals surface area (Å²) >= 11 is 0. The number of hydrogen-bond acceptors (Lipinski definition) is 15. The zero-order chi connectivity index (χ0) is 43.4. The summed E-state index contributed by atoms with van der Waals surface area (Å²) in [5.41, 5.74) is 8.15. The number of rotatable bonds is 14. The van der Waals surface area contributed by atoms with Gasteiger partial charge in [0.2, 0.25) is 20.0 Å². The summed E-state index contributed by atoms with van der Waals surface area (Å²) < 4.78 is 75.1. The minimum atomic E-state index is -4.77. The predicted molar refractivity (Wildman–Crippen MR) is 225 cm³/mol. The molecule has 0 saturated heterocycles. The number of carbonyl (C=O) groups excluding carboxylic acids is 1. The van der Waals surface area contributed by atoms with Gasteiger partial charge in [-0.15, -0.1) is 0 Å². The highest BCUT2D eigenvalue weighted by Crippen LogP contribution is 2.47. The number of methoxy groups -OCH3 is 1. The van der Waals surface area contributed by atoms with Crippen molar-refractivity contribution in [1.82, 2.24) is 38.5 Å². The third-order valence-corrected chi connectivity index (χ3v) is 13.6. The molecule has 8 rings (SSSR count). The van der Waals surface area contributed by atoms with Crippen molar-refractivity contribution in [2.45, 2.75) is 36.0 Å². The smallest absolute Gasteiger partial charge is 0.338 e. The van der Waals surface area contributed by atoms with Crippen LogP contribution in [0.3, 0.4) is 0 Å². The summed E-state index contributed by atoms with van der Waals surface area (Å²) in [5.74, 6) is -1.09. The van der Waals surface area contributed by atoms with E-state index in [2.05, 4.69) is 29.9 Å². The summed E-state index contributed by atoms with van der Waals surface area (Å²) in [6.45, 7) is -1.04. The van der Waals surface area contributed by atoms with Crippen molar-refractivity contribution in [2.75, 3.05) is 12.8 Å². The van der Waals surface area contributed by atoms with Crippen LogP contribution < -0.4 is 11.1 Å². The van der Waals surface area contributed by atoms with Gasteiger partial charge in [0.05, 0.1) is 72.7 Å². The Hall–Kier alpha value is -7.32. The molecule has 0 radical (unpaired) electrons. The van der Waals surface area contributed by atoms with E-state index in [0.29, 0.717) is 22.8 Å². The number of nitrogen functional groups attached to an aromatic ring is 1. The van der Waals surface area contributed by atoms with Crippen LogP contribution in [0.5, 0.6) is 0 Å². The number of pyridine rings is 2. The SMILES string of the molecule is COC(=O)c1ccccc1-c1c2ccc(=N)c(S(=O)(=O)N(Cc3ccccn3)Cc3cnccn3)c-2oc2c(S(=O)(=O)N(Cc3ccccn3)Cc3cnccn3)c(N)ccc12. The maximum absolute atomic E-state index is 15.3. The molecule has 312 valence electrons. The Morgan fingerprint density at radius 3 is 1.74 bits per heavy atom. The maximum atomic E-state index is 15.3. The van der Waals surface area contributed by atoms with Gasteiger partial charge in [-0.25, -0.2) is 21.6 Å². The first-order valence-corrected chi connectivity index (χ1v) is 21.7. The molecule has 2 aromatic carbocycles. The molecule has 62 heavy (non-hydrogen) atoms. The number of aromatic nitrogens is 6. The molecule has 1 aliphatic carbocycles. The van der Waals surface area contributed by atoms with E-state index in [0.717, 1.165) is 8.61 Å². The Morgan fingerprint density at radius 1 is 0.645 bits per heavy atom. The predicted octanol–water partition coefficient (Wildman–Crippen LogP) is 5.21. The largest absolute Gasteiger partial charge is 0.465 e. The number of nitrogens with two attached hydrogens (primary N) is 1. The van der Waals surface area contributed by atoms with Gasteiger partial charge in [-0.05, 0) is 60.2 Å². The van der Waals surface area contributed by atoms with Crippen LogP contribution in [0.25, 0.3) is 33.4 Å². The number of esters is 1. The maximum Gasteiger partial charge on any atom is 0.338 e. The van der Waals surface area contributed by atoms with Crippen molar-refractivity contribution in [3.05, 3.63) is 168 Å². The fourth-order valence-corrected chi connectivity index (χ4v) is 10.2. The minimum absolute atomic E-state index is 0.0863. The van der Waals surface area contributed by atoms with Gasteiger partial charge in [0.1, 0.15) is 4.90 Å². The lowest BCUT2D eigenvalue weighted by Gasteiger charge is -2.26. The van der Waals surface area contributed by atoms with Crippen LogP contribution in [0.15, 0.2) is 149 Å². The normalized spacial score (nSPS) is 12.0. The van der Waals surface area contributed by atoms with Crippen LogP contribution in [0.4, 0.5) is 5.69 Å². The quantitative estimate of drug-likeness (QED) is 0.0811. The standard InChI is InChI=1S/C43H36N10O7S2/c1-59-43(54)33-11-3-2-10-32(33)38-34-12-14-36(44)41(61(55,56)52(24-28-8-4-6-16-48-28)26-30-22-46-18-20-50-30)39(34)60-40-35(38)13-15-37(45)42(40)62(57,58)53(25-29-9-5-7-17-49-29)27-31-23-47-19-21-51-31/h2-23,44H,24-27,45H2,1H3. The molecule has 0 spiro atoms. The van der Waals surface area contributed by atoms with Gasteiger partial charge in [0.15, 0.2) is 16.2 Å². The van der Waals surface area contributed by atoms with Crippen LogP contribution in [0, 0.1) is 5.41 Å². The van der Waals surface area contributed by atoms with Crippen LogP contribution in [0.2, 0.25) is 0 Å². The average Bonchev–Trinajstić information content (AvgIpc) is 3.28. The summed E-state index contributed by atoms with van der Waals surface area (Å²) in [6, 6.07) is 22.3. The number of fused-ring (bicyclic) bond motifs is 2. The fourth-order valence-electron chi connectivity index (χ4n) is 7.02. The second-order valence-electron chi connectivity index (χ2n) is 13.8. The number of benzene rings is 3. The molecule has 0 atom stereocenters. The highest BCUT2D eigenvalue weighted by atomic mass is 32.2. The molecule has 2 aliphatic rings. The lowest BCUT2D eigenvalue weighted by molar-refractivity contribution is 0.0601. The number of nitrogens with zero attached hydrogens (tertiary/aromatic N) is 8. The summed E-state index contributed by atoms with van der Waals surface area (Å²) in [6.07, 6.45) is 11.7. The van der Waals surface area contributed by atoms with Crippen LogP contribution in [-0.2, 0) is 51.0 Å². The molecule has 1 aliphatic heterocycles. The van der Waals surface area contributed by atoms with Gasteiger partial charge in [0.25, 0.3) is 0 Å². The fraction of sp³-hybridized carbons (Fsp3) is 0.116. The number of ether oxygens (including phenoxy) is 1. The molecule has 3 N–H and O–H groups in total.